The average Bonchev–Trinajstić information content (AvgIpc) is 3.31. The van der Waals surface area contributed by atoms with Crippen LogP contribution in [0.25, 0.3) is 0 Å². The summed E-state index contributed by atoms with van der Waals surface area (Å²) in [4.78, 5) is 20.1. The number of anilines is 1. The molecule has 6 nitrogen and oxygen atoms in total. The van der Waals surface area contributed by atoms with Gasteiger partial charge in [-0.1, -0.05) is 30.3 Å². The number of nitrogens with zero attached hydrogens (tertiary/aromatic N) is 2. The largest absolute Gasteiger partial charge is 0.357 e. The Hall–Kier alpha value is -2.67. The molecule has 2 aromatic rings. The maximum absolute atomic E-state index is 12.3. The lowest BCUT2D eigenvalue weighted by Crippen LogP contribution is -2.38. The van der Waals surface area contributed by atoms with Gasteiger partial charge in [0.1, 0.15) is 0 Å². The molecule has 1 aliphatic heterocycles. The van der Waals surface area contributed by atoms with Crippen molar-refractivity contribution < 1.29 is 4.79 Å². The number of urea groups is 1. The van der Waals surface area contributed by atoms with Crippen LogP contribution in [0.15, 0.2) is 64.5 Å². The van der Waals surface area contributed by atoms with Gasteiger partial charge in [0.05, 0.1) is 6.54 Å². The first kappa shape index (κ1) is 22.0. The molecule has 0 saturated carbocycles. The summed E-state index contributed by atoms with van der Waals surface area (Å²) in [6, 6.07) is 18.3. The van der Waals surface area contributed by atoms with Gasteiger partial charge >= 0.3 is 6.03 Å². The van der Waals surface area contributed by atoms with Crippen molar-refractivity contribution in [3.8, 4) is 0 Å². The summed E-state index contributed by atoms with van der Waals surface area (Å²) in [5, 5.41) is 9.67. The quantitative estimate of drug-likeness (QED) is 0.257. The van der Waals surface area contributed by atoms with Crippen LogP contribution < -0.4 is 16.0 Å². The second-order valence-corrected chi connectivity index (χ2v) is 8.28. The predicted octanol–water partition coefficient (Wildman–Crippen LogP) is 4.16. The highest BCUT2D eigenvalue weighted by Gasteiger charge is 2.17. The van der Waals surface area contributed by atoms with Crippen molar-refractivity contribution in [2.75, 3.05) is 37.2 Å². The van der Waals surface area contributed by atoms with E-state index in [4.69, 9.17) is 0 Å². The Morgan fingerprint density at radius 3 is 2.63 bits per heavy atom. The Morgan fingerprint density at radius 2 is 1.87 bits per heavy atom. The Kier molecular flexibility index (Phi) is 8.90. The van der Waals surface area contributed by atoms with Crippen molar-refractivity contribution in [2.24, 2.45) is 4.99 Å². The first-order valence-electron chi connectivity index (χ1n) is 10.6. The van der Waals surface area contributed by atoms with Gasteiger partial charge in [-0.15, -0.1) is 11.8 Å². The van der Waals surface area contributed by atoms with Gasteiger partial charge in [-0.05, 0) is 49.6 Å². The zero-order valence-corrected chi connectivity index (χ0v) is 18.4. The smallest absolute Gasteiger partial charge is 0.321 e. The fourth-order valence-electron chi connectivity index (χ4n) is 3.24. The lowest BCUT2D eigenvalue weighted by molar-refractivity contribution is 0.222. The number of amides is 2. The summed E-state index contributed by atoms with van der Waals surface area (Å²) in [5.41, 5.74) is 1.88. The number of benzene rings is 2. The van der Waals surface area contributed by atoms with Crippen molar-refractivity contribution in [1.82, 2.24) is 15.5 Å². The van der Waals surface area contributed by atoms with Crippen molar-refractivity contribution in [1.29, 1.82) is 0 Å². The lowest BCUT2D eigenvalue weighted by atomic mass is 10.2. The minimum atomic E-state index is -0.0147. The molecule has 0 aliphatic carbocycles. The van der Waals surface area contributed by atoms with Crippen molar-refractivity contribution in [3.63, 3.8) is 0 Å². The van der Waals surface area contributed by atoms with Gasteiger partial charge in [-0.3, -0.25) is 0 Å². The number of carbonyl (C=O) groups excluding carboxylic acids is 1. The first-order chi connectivity index (χ1) is 14.7. The number of nitrogens with one attached hydrogen (secondary N) is 3. The Labute approximate surface area is 183 Å². The van der Waals surface area contributed by atoms with E-state index >= 15 is 0 Å². The standard InChI is InChI=1S/C23H31N5OS/c1-2-24-22(25-13-16-30-21-11-4-3-5-12-21)26-18-19-9-8-10-20(17-19)27-23(29)28-14-6-7-15-28/h3-5,8-12,17H,2,6-7,13-16,18H2,1H3,(H,27,29)(H2,24,25,26). The topological polar surface area (TPSA) is 68.8 Å². The number of carbonyl (C=O) groups is 1. The molecule has 0 bridgehead atoms. The summed E-state index contributed by atoms with van der Waals surface area (Å²) in [7, 11) is 0. The molecule has 0 unspecified atom stereocenters. The number of thioether (sulfide) groups is 1. The van der Waals surface area contributed by atoms with Crippen LogP contribution in [0.2, 0.25) is 0 Å². The van der Waals surface area contributed by atoms with E-state index in [1.54, 1.807) is 0 Å². The third-order valence-corrected chi connectivity index (χ3v) is 5.76. The third-order valence-electron chi connectivity index (χ3n) is 4.74. The highest BCUT2D eigenvalue weighted by Crippen LogP contribution is 2.16. The number of rotatable bonds is 8. The van der Waals surface area contributed by atoms with E-state index in [2.05, 4.69) is 52.1 Å². The molecule has 3 rings (SSSR count). The zero-order chi connectivity index (χ0) is 21.0. The van der Waals surface area contributed by atoms with E-state index in [-0.39, 0.29) is 6.03 Å². The molecule has 2 amide bonds. The second kappa shape index (κ2) is 12.1. The van der Waals surface area contributed by atoms with E-state index in [1.165, 1.54) is 4.90 Å². The predicted molar refractivity (Wildman–Crippen MR) is 126 cm³/mol. The van der Waals surface area contributed by atoms with Gasteiger partial charge in [-0.2, -0.15) is 0 Å². The van der Waals surface area contributed by atoms with Crippen LogP contribution in [-0.4, -0.2) is 48.8 Å². The van der Waals surface area contributed by atoms with E-state index in [0.717, 1.165) is 62.0 Å². The SMILES string of the molecule is CCNC(=NCc1cccc(NC(=O)N2CCCC2)c1)NCCSc1ccccc1. The molecule has 7 heteroatoms. The molecular weight excluding hydrogens is 394 g/mol. The highest BCUT2D eigenvalue weighted by atomic mass is 32.2. The van der Waals surface area contributed by atoms with Crippen molar-refractivity contribution >= 4 is 29.4 Å². The van der Waals surface area contributed by atoms with Gasteiger partial charge in [-0.25, -0.2) is 9.79 Å². The first-order valence-corrected chi connectivity index (χ1v) is 11.6. The summed E-state index contributed by atoms with van der Waals surface area (Å²) in [6.45, 7) is 5.94. The van der Waals surface area contributed by atoms with E-state index in [1.807, 2.05) is 47.0 Å². The third kappa shape index (κ3) is 7.30. The van der Waals surface area contributed by atoms with E-state index in [9.17, 15) is 4.79 Å². The van der Waals surface area contributed by atoms with E-state index in [0.29, 0.717) is 6.54 Å². The molecule has 30 heavy (non-hydrogen) atoms. The molecule has 0 aromatic heterocycles. The summed E-state index contributed by atoms with van der Waals surface area (Å²) < 4.78 is 0. The molecular formula is C23H31N5OS. The molecule has 160 valence electrons. The van der Waals surface area contributed by atoms with Gasteiger partial charge in [0, 0.05) is 42.5 Å². The number of guanidine groups is 1. The molecule has 1 saturated heterocycles. The van der Waals surface area contributed by atoms with Gasteiger partial charge in [0.15, 0.2) is 5.96 Å². The van der Waals surface area contributed by atoms with Gasteiger partial charge in [0.2, 0.25) is 0 Å². The molecule has 1 heterocycles. The van der Waals surface area contributed by atoms with Crippen LogP contribution in [0, 0.1) is 0 Å². The van der Waals surface area contributed by atoms with Crippen LogP contribution in [0.4, 0.5) is 10.5 Å². The molecule has 0 radical (unpaired) electrons. The zero-order valence-electron chi connectivity index (χ0n) is 17.6. The van der Waals surface area contributed by atoms with Crippen molar-refractivity contribution in [3.05, 3.63) is 60.2 Å². The molecule has 1 fully saturated rings. The summed E-state index contributed by atoms with van der Waals surface area (Å²) >= 11 is 1.82. The van der Waals surface area contributed by atoms with Gasteiger partial charge in [0.25, 0.3) is 0 Å². The minimum Gasteiger partial charge on any atom is -0.357 e. The highest BCUT2D eigenvalue weighted by molar-refractivity contribution is 7.99. The fraction of sp³-hybridized carbons (Fsp3) is 0.391. The number of likely N-dealkylation sites (tertiary alicyclic amines) is 1. The number of hydrogen-bond donors (Lipinski definition) is 3. The normalized spacial score (nSPS) is 13.9. The Balaban J connectivity index is 1.49. The van der Waals surface area contributed by atoms with Crippen LogP contribution in [0.3, 0.4) is 0 Å². The molecule has 1 aliphatic rings. The van der Waals surface area contributed by atoms with Gasteiger partial charge < -0.3 is 20.9 Å². The van der Waals surface area contributed by atoms with E-state index < -0.39 is 0 Å². The summed E-state index contributed by atoms with van der Waals surface area (Å²) in [6.07, 6.45) is 2.18. The monoisotopic (exact) mass is 425 g/mol. The number of aliphatic imine (C=N–C) groups is 1. The summed E-state index contributed by atoms with van der Waals surface area (Å²) in [5.74, 6) is 1.77. The lowest BCUT2D eigenvalue weighted by Gasteiger charge is -2.16. The molecule has 0 spiro atoms. The Morgan fingerprint density at radius 1 is 1.07 bits per heavy atom. The van der Waals surface area contributed by atoms with Crippen LogP contribution in [0.1, 0.15) is 25.3 Å². The maximum atomic E-state index is 12.3. The molecule has 2 aromatic carbocycles. The average molecular weight is 426 g/mol. The Bertz CT molecular complexity index is 821. The minimum absolute atomic E-state index is 0.0147. The van der Waals surface area contributed by atoms with Crippen molar-refractivity contribution in [2.45, 2.75) is 31.2 Å². The van der Waals surface area contributed by atoms with Crippen LogP contribution >= 0.6 is 11.8 Å². The molecule has 3 N–H and O–H groups in total. The molecule has 0 atom stereocenters. The number of hydrogen-bond acceptors (Lipinski definition) is 3. The van der Waals surface area contributed by atoms with Crippen LogP contribution in [0.5, 0.6) is 0 Å². The second-order valence-electron chi connectivity index (χ2n) is 7.11. The maximum Gasteiger partial charge on any atom is 0.321 e. The van der Waals surface area contributed by atoms with Crippen LogP contribution in [-0.2, 0) is 6.54 Å². The fourth-order valence-corrected chi connectivity index (χ4v) is 4.03.